The minimum absolute atomic E-state index is 0.0350. The Morgan fingerprint density at radius 1 is 1.15 bits per heavy atom. The molecule has 1 unspecified atom stereocenters. The topological polar surface area (TPSA) is 70.7 Å². The van der Waals surface area contributed by atoms with Crippen molar-refractivity contribution in [2.24, 2.45) is 5.92 Å². The summed E-state index contributed by atoms with van der Waals surface area (Å²) in [5.41, 5.74) is 1.34. The normalized spacial score (nSPS) is 22.6. The lowest BCUT2D eigenvalue weighted by molar-refractivity contribution is -0.124. The zero-order valence-corrected chi connectivity index (χ0v) is 16.4. The fourth-order valence-electron chi connectivity index (χ4n) is 4.31. The molecule has 2 saturated heterocycles. The van der Waals surface area contributed by atoms with Gasteiger partial charge in [-0.25, -0.2) is 0 Å². The van der Waals surface area contributed by atoms with Crippen LogP contribution in [0.25, 0.3) is 0 Å². The number of amides is 2. The van der Waals surface area contributed by atoms with E-state index in [1.165, 1.54) is 12.8 Å². The minimum atomic E-state index is -0.0350. The molecule has 1 aromatic carbocycles. The molecular formula is C21H31N3O3. The van der Waals surface area contributed by atoms with E-state index in [1.54, 1.807) is 19.2 Å². The van der Waals surface area contributed by atoms with Gasteiger partial charge in [0.05, 0.1) is 18.7 Å². The second-order valence-corrected chi connectivity index (χ2v) is 7.55. The van der Waals surface area contributed by atoms with E-state index in [2.05, 4.69) is 15.5 Å². The molecule has 6 nitrogen and oxygen atoms in total. The second-order valence-electron chi connectivity index (χ2n) is 7.55. The fraction of sp³-hybridized carbons (Fsp3) is 0.619. The molecule has 2 N–H and O–H groups in total. The Balaban J connectivity index is 1.67. The Labute approximate surface area is 161 Å². The molecule has 2 atom stereocenters. The smallest absolute Gasteiger partial charge is 0.229 e. The number of methoxy groups -OCH3 is 1. The summed E-state index contributed by atoms with van der Waals surface area (Å²) in [6.45, 7) is 4.21. The number of anilines is 2. The summed E-state index contributed by atoms with van der Waals surface area (Å²) >= 11 is 0. The molecule has 0 saturated carbocycles. The summed E-state index contributed by atoms with van der Waals surface area (Å²) in [5.74, 6) is 0.665. The third kappa shape index (κ3) is 4.80. The van der Waals surface area contributed by atoms with Crippen molar-refractivity contribution < 1.29 is 14.3 Å². The van der Waals surface area contributed by atoms with E-state index in [9.17, 15) is 9.59 Å². The van der Waals surface area contributed by atoms with Gasteiger partial charge in [0.2, 0.25) is 11.8 Å². The van der Waals surface area contributed by atoms with Crippen molar-refractivity contribution >= 4 is 23.2 Å². The van der Waals surface area contributed by atoms with Crippen LogP contribution in [0.5, 0.6) is 5.75 Å². The highest BCUT2D eigenvalue weighted by Gasteiger charge is 2.37. The lowest BCUT2D eigenvalue weighted by Crippen LogP contribution is -2.51. The first-order valence-corrected chi connectivity index (χ1v) is 10.1. The maximum atomic E-state index is 12.9. The van der Waals surface area contributed by atoms with Gasteiger partial charge in [0, 0.05) is 24.2 Å². The van der Waals surface area contributed by atoms with Crippen LogP contribution in [0.2, 0.25) is 0 Å². The van der Waals surface area contributed by atoms with Crippen molar-refractivity contribution in [2.45, 2.75) is 57.9 Å². The van der Waals surface area contributed by atoms with Crippen molar-refractivity contribution in [2.75, 3.05) is 30.8 Å². The Bertz CT molecular complexity index is 675. The fourth-order valence-corrected chi connectivity index (χ4v) is 4.31. The predicted octanol–water partition coefficient (Wildman–Crippen LogP) is 3.64. The third-order valence-electron chi connectivity index (χ3n) is 5.65. The number of ether oxygens (including phenoxy) is 1. The number of hydrogen-bond acceptors (Lipinski definition) is 4. The molecule has 27 heavy (non-hydrogen) atoms. The molecular weight excluding hydrogens is 342 g/mol. The highest BCUT2D eigenvalue weighted by molar-refractivity contribution is 5.95. The average Bonchev–Trinajstić information content (AvgIpc) is 2.68. The van der Waals surface area contributed by atoms with E-state index < -0.39 is 0 Å². The molecule has 0 aliphatic carbocycles. The zero-order valence-electron chi connectivity index (χ0n) is 16.4. The van der Waals surface area contributed by atoms with Crippen LogP contribution in [0.3, 0.4) is 0 Å². The van der Waals surface area contributed by atoms with Crippen LogP contribution in [0.4, 0.5) is 11.4 Å². The molecule has 2 amide bonds. The van der Waals surface area contributed by atoms with E-state index in [0.29, 0.717) is 29.6 Å². The first-order chi connectivity index (χ1) is 13.1. The number of rotatable bonds is 6. The monoisotopic (exact) mass is 373 g/mol. The number of carbonyl (C=O) groups excluding carboxylic acids is 2. The van der Waals surface area contributed by atoms with E-state index in [4.69, 9.17) is 4.74 Å². The van der Waals surface area contributed by atoms with Gasteiger partial charge in [-0.15, -0.1) is 0 Å². The van der Waals surface area contributed by atoms with Crippen molar-refractivity contribution in [3.8, 4) is 5.75 Å². The summed E-state index contributed by atoms with van der Waals surface area (Å²) in [4.78, 5) is 27.3. The lowest BCUT2D eigenvalue weighted by Gasteiger charge is -2.43. The van der Waals surface area contributed by atoms with Crippen LogP contribution in [0, 0.1) is 5.92 Å². The van der Waals surface area contributed by atoms with Crippen molar-refractivity contribution in [3.05, 3.63) is 18.2 Å². The molecule has 0 aromatic heterocycles. The molecule has 148 valence electrons. The van der Waals surface area contributed by atoms with Gasteiger partial charge in [0.15, 0.2) is 0 Å². The van der Waals surface area contributed by atoms with Crippen LogP contribution in [0.15, 0.2) is 18.2 Å². The van der Waals surface area contributed by atoms with Gasteiger partial charge < -0.3 is 15.4 Å². The van der Waals surface area contributed by atoms with E-state index in [0.717, 1.165) is 38.8 Å². The predicted molar refractivity (Wildman–Crippen MR) is 107 cm³/mol. The van der Waals surface area contributed by atoms with Gasteiger partial charge in [-0.3, -0.25) is 14.5 Å². The molecule has 2 heterocycles. The van der Waals surface area contributed by atoms with E-state index in [1.807, 2.05) is 13.0 Å². The number of carbonyl (C=O) groups is 2. The highest BCUT2D eigenvalue weighted by atomic mass is 16.5. The van der Waals surface area contributed by atoms with Crippen molar-refractivity contribution in [1.29, 1.82) is 0 Å². The van der Waals surface area contributed by atoms with Gasteiger partial charge in [-0.05, 0) is 57.3 Å². The lowest BCUT2D eigenvalue weighted by atomic mass is 9.83. The van der Waals surface area contributed by atoms with Gasteiger partial charge in [-0.1, -0.05) is 13.3 Å². The molecule has 2 fully saturated rings. The standard InChI is InChI=1S/C21H31N3O3/c1-3-7-20(25)23-17-11-10-15(14-19(17)27-2)22-21(26)16-8-6-13-24-12-5-4-9-18(16)24/h10-11,14,16,18H,3-9,12-13H2,1-2H3,(H,22,26)(H,23,25)/t16?,18-/m0/s1. The van der Waals surface area contributed by atoms with Crippen LogP contribution in [0.1, 0.15) is 51.9 Å². The molecule has 0 radical (unpaired) electrons. The Morgan fingerprint density at radius 3 is 2.74 bits per heavy atom. The first-order valence-electron chi connectivity index (χ1n) is 10.1. The summed E-state index contributed by atoms with van der Waals surface area (Å²) in [6, 6.07) is 5.77. The van der Waals surface area contributed by atoms with Gasteiger partial charge in [0.1, 0.15) is 5.75 Å². The van der Waals surface area contributed by atoms with Crippen LogP contribution in [-0.2, 0) is 9.59 Å². The Morgan fingerprint density at radius 2 is 1.96 bits per heavy atom. The molecule has 0 bridgehead atoms. The maximum absolute atomic E-state index is 12.9. The van der Waals surface area contributed by atoms with Crippen LogP contribution >= 0.6 is 0 Å². The number of hydrogen-bond donors (Lipinski definition) is 2. The third-order valence-corrected chi connectivity index (χ3v) is 5.65. The quantitative estimate of drug-likeness (QED) is 0.799. The number of nitrogens with one attached hydrogen (secondary N) is 2. The number of nitrogens with zero attached hydrogens (tertiary/aromatic N) is 1. The average molecular weight is 373 g/mol. The molecule has 3 rings (SSSR count). The van der Waals surface area contributed by atoms with Crippen LogP contribution in [-0.4, -0.2) is 43.0 Å². The number of piperidine rings is 2. The molecule has 1 aromatic rings. The summed E-state index contributed by atoms with van der Waals surface area (Å²) in [5, 5.41) is 5.93. The van der Waals surface area contributed by atoms with Crippen LogP contribution < -0.4 is 15.4 Å². The highest BCUT2D eigenvalue weighted by Crippen LogP contribution is 2.33. The summed E-state index contributed by atoms with van der Waals surface area (Å²) < 4.78 is 5.40. The number of fused-ring (bicyclic) bond motifs is 1. The molecule has 0 spiro atoms. The molecule has 2 aliphatic rings. The zero-order chi connectivity index (χ0) is 19.2. The van der Waals surface area contributed by atoms with Gasteiger partial charge >= 0.3 is 0 Å². The van der Waals surface area contributed by atoms with Crippen molar-refractivity contribution in [3.63, 3.8) is 0 Å². The second kappa shape index (κ2) is 9.22. The van der Waals surface area contributed by atoms with E-state index >= 15 is 0 Å². The number of benzene rings is 1. The van der Waals surface area contributed by atoms with E-state index in [-0.39, 0.29) is 17.7 Å². The molecule has 2 aliphatic heterocycles. The minimum Gasteiger partial charge on any atom is -0.494 e. The van der Waals surface area contributed by atoms with Gasteiger partial charge in [-0.2, -0.15) is 0 Å². The Kier molecular flexibility index (Phi) is 6.72. The molecule has 6 heteroatoms. The first kappa shape index (κ1) is 19.7. The SMILES string of the molecule is CCCC(=O)Nc1ccc(NC(=O)C2CCCN3CCCC[C@@H]23)cc1OC. The summed E-state index contributed by atoms with van der Waals surface area (Å²) in [7, 11) is 1.57. The maximum Gasteiger partial charge on any atom is 0.229 e. The van der Waals surface area contributed by atoms with Gasteiger partial charge in [0.25, 0.3) is 0 Å². The summed E-state index contributed by atoms with van der Waals surface area (Å²) in [6.07, 6.45) is 6.88. The van der Waals surface area contributed by atoms with Crippen molar-refractivity contribution in [1.82, 2.24) is 4.90 Å². The Hall–Kier alpha value is -2.08. The largest absolute Gasteiger partial charge is 0.494 e.